The number of aliphatic hydroxyl groups excluding tert-OH is 1. The minimum Gasteiger partial charge on any atom is -0.494 e. The highest BCUT2D eigenvalue weighted by Crippen LogP contribution is 2.29. The fraction of sp³-hybridized carbons (Fsp3) is 0.409. The molecule has 174 valence electrons. The normalized spacial score (nSPS) is 14.8. The molecule has 2 aromatic rings. The van der Waals surface area contributed by atoms with E-state index in [9.17, 15) is 13.2 Å². The Bertz CT molecular complexity index is 1020. The monoisotopic (exact) mass is 464 g/mol. The van der Waals surface area contributed by atoms with Crippen LogP contribution in [0.2, 0.25) is 0 Å². The Labute approximate surface area is 188 Å². The maximum atomic E-state index is 12.9. The van der Waals surface area contributed by atoms with Crippen molar-refractivity contribution in [1.82, 2.24) is 9.21 Å². The largest absolute Gasteiger partial charge is 0.494 e. The summed E-state index contributed by atoms with van der Waals surface area (Å²) in [6.45, 7) is 3.23. The van der Waals surface area contributed by atoms with Gasteiger partial charge in [0.05, 0.1) is 25.2 Å². The number of sulfonamides is 1. The number of hydrogen-bond acceptors (Lipinski definition) is 7. The second kappa shape index (κ2) is 10.7. The van der Waals surface area contributed by atoms with Gasteiger partial charge >= 0.3 is 0 Å². The molecule has 0 radical (unpaired) electrons. The first-order valence-electron chi connectivity index (χ1n) is 10.3. The van der Waals surface area contributed by atoms with Gasteiger partial charge < -0.3 is 24.2 Å². The third kappa shape index (κ3) is 5.32. The highest BCUT2D eigenvalue weighted by molar-refractivity contribution is 7.89. The number of piperazine rings is 1. The summed E-state index contributed by atoms with van der Waals surface area (Å²) in [5, 5.41) is 8.98. The molecule has 1 fully saturated rings. The number of rotatable bonds is 9. The van der Waals surface area contributed by atoms with Crippen LogP contribution < -0.4 is 14.2 Å². The van der Waals surface area contributed by atoms with E-state index in [1.165, 1.54) is 23.5 Å². The van der Waals surface area contributed by atoms with E-state index in [1.807, 2.05) is 6.92 Å². The molecule has 0 spiro atoms. The van der Waals surface area contributed by atoms with Crippen LogP contribution in [0.1, 0.15) is 17.3 Å². The zero-order chi connectivity index (χ0) is 23.1. The van der Waals surface area contributed by atoms with E-state index in [4.69, 9.17) is 19.3 Å². The first-order chi connectivity index (χ1) is 15.4. The number of amides is 1. The van der Waals surface area contributed by atoms with Crippen molar-refractivity contribution in [3.63, 3.8) is 0 Å². The fourth-order valence-electron chi connectivity index (χ4n) is 3.42. The van der Waals surface area contributed by atoms with E-state index in [1.54, 1.807) is 35.2 Å². The van der Waals surface area contributed by atoms with Gasteiger partial charge in [-0.3, -0.25) is 4.79 Å². The number of carbonyl (C=O) groups is 1. The smallest absolute Gasteiger partial charge is 0.254 e. The van der Waals surface area contributed by atoms with Crippen molar-refractivity contribution in [3.05, 3.63) is 48.0 Å². The Hall–Kier alpha value is -2.82. The molecule has 0 aromatic heterocycles. The average Bonchev–Trinajstić information content (AvgIpc) is 2.82. The van der Waals surface area contributed by atoms with Gasteiger partial charge in [0.1, 0.15) is 12.4 Å². The number of hydrogen-bond donors (Lipinski definition) is 1. The summed E-state index contributed by atoms with van der Waals surface area (Å²) in [6, 6.07) is 11.2. The van der Waals surface area contributed by atoms with Gasteiger partial charge in [0.2, 0.25) is 10.0 Å². The van der Waals surface area contributed by atoms with E-state index in [0.29, 0.717) is 29.4 Å². The predicted molar refractivity (Wildman–Crippen MR) is 118 cm³/mol. The summed E-state index contributed by atoms with van der Waals surface area (Å²) in [5.74, 6) is 1.22. The van der Waals surface area contributed by atoms with Crippen molar-refractivity contribution in [2.24, 2.45) is 0 Å². The second-order valence-electron chi connectivity index (χ2n) is 7.04. The molecule has 9 nitrogen and oxygen atoms in total. The van der Waals surface area contributed by atoms with Crippen LogP contribution in [0.3, 0.4) is 0 Å². The van der Waals surface area contributed by atoms with Gasteiger partial charge in [-0.1, -0.05) is 0 Å². The molecule has 2 aromatic carbocycles. The lowest BCUT2D eigenvalue weighted by molar-refractivity contribution is 0.0697. The standard InChI is InChI=1S/C22H28N2O7S/c1-3-30-18-5-7-19(8-6-18)32(27,28)24-12-10-23(11-13-24)22(26)17-4-9-20(29-2)21(16-17)31-15-14-25/h4-9,16,25H,3,10-15H2,1-2H3. The predicted octanol–water partition coefficient (Wildman–Crippen LogP) is 1.61. The summed E-state index contributed by atoms with van der Waals surface area (Å²) < 4.78 is 43.3. The second-order valence-corrected chi connectivity index (χ2v) is 8.98. The molecular formula is C22H28N2O7S. The van der Waals surface area contributed by atoms with Crippen LogP contribution in [0, 0.1) is 0 Å². The molecule has 32 heavy (non-hydrogen) atoms. The lowest BCUT2D eigenvalue weighted by Crippen LogP contribution is -2.50. The lowest BCUT2D eigenvalue weighted by Gasteiger charge is -2.34. The Morgan fingerprint density at radius 3 is 2.28 bits per heavy atom. The molecule has 10 heteroatoms. The molecule has 0 saturated carbocycles. The zero-order valence-electron chi connectivity index (χ0n) is 18.2. The Kier molecular flexibility index (Phi) is 7.94. The molecular weight excluding hydrogens is 436 g/mol. The average molecular weight is 465 g/mol. The van der Waals surface area contributed by atoms with E-state index >= 15 is 0 Å². The number of benzene rings is 2. The first kappa shape index (κ1) is 23.8. The zero-order valence-corrected chi connectivity index (χ0v) is 19.0. The molecule has 0 atom stereocenters. The van der Waals surface area contributed by atoms with Crippen LogP contribution in [0.5, 0.6) is 17.2 Å². The molecule has 1 aliphatic rings. The van der Waals surface area contributed by atoms with Crippen molar-refractivity contribution in [2.45, 2.75) is 11.8 Å². The molecule has 0 unspecified atom stereocenters. The van der Waals surface area contributed by atoms with Gasteiger partial charge in [-0.25, -0.2) is 8.42 Å². The summed E-state index contributed by atoms with van der Waals surface area (Å²) >= 11 is 0. The number of aliphatic hydroxyl groups is 1. The van der Waals surface area contributed by atoms with Crippen LogP contribution in [0.15, 0.2) is 47.4 Å². The van der Waals surface area contributed by atoms with Gasteiger partial charge in [-0.2, -0.15) is 4.31 Å². The molecule has 1 N–H and O–H groups in total. The third-order valence-electron chi connectivity index (χ3n) is 5.06. The number of ether oxygens (including phenoxy) is 3. The maximum absolute atomic E-state index is 12.9. The Balaban J connectivity index is 1.66. The summed E-state index contributed by atoms with van der Waals surface area (Å²) in [4.78, 5) is 14.8. The third-order valence-corrected chi connectivity index (χ3v) is 6.97. The SMILES string of the molecule is CCOc1ccc(S(=O)(=O)N2CCN(C(=O)c3ccc(OC)c(OCCO)c3)CC2)cc1. The first-order valence-corrected chi connectivity index (χ1v) is 11.8. The highest BCUT2D eigenvalue weighted by atomic mass is 32.2. The van der Waals surface area contributed by atoms with Crippen LogP contribution >= 0.6 is 0 Å². The Morgan fingerprint density at radius 2 is 1.69 bits per heavy atom. The molecule has 0 aliphatic carbocycles. The molecule has 1 aliphatic heterocycles. The quantitative estimate of drug-likeness (QED) is 0.601. The van der Waals surface area contributed by atoms with Crippen molar-refractivity contribution >= 4 is 15.9 Å². The van der Waals surface area contributed by atoms with Crippen LogP contribution in [-0.2, 0) is 10.0 Å². The maximum Gasteiger partial charge on any atom is 0.254 e. The summed E-state index contributed by atoms with van der Waals surface area (Å²) in [5.41, 5.74) is 0.404. The topological polar surface area (TPSA) is 106 Å². The Morgan fingerprint density at radius 1 is 1.00 bits per heavy atom. The van der Waals surface area contributed by atoms with E-state index < -0.39 is 10.0 Å². The minimum atomic E-state index is -3.65. The van der Waals surface area contributed by atoms with Gasteiger partial charge in [-0.15, -0.1) is 0 Å². The van der Waals surface area contributed by atoms with Crippen LogP contribution in [0.25, 0.3) is 0 Å². The fourth-order valence-corrected chi connectivity index (χ4v) is 4.84. The highest BCUT2D eigenvalue weighted by Gasteiger charge is 2.30. The van der Waals surface area contributed by atoms with Gasteiger partial charge in [0, 0.05) is 31.7 Å². The van der Waals surface area contributed by atoms with Crippen molar-refractivity contribution in [2.75, 3.05) is 53.1 Å². The van der Waals surface area contributed by atoms with Crippen molar-refractivity contribution in [3.8, 4) is 17.2 Å². The van der Waals surface area contributed by atoms with Crippen molar-refractivity contribution in [1.29, 1.82) is 0 Å². The summed E-state index contributed by atoms with van der Waals surface area (Å²) in [7, 11) is -2.16. The van der Waals surface area contributed by atoms with Crippen molar-refractivity contribution < 1.29 is 32.5 Å². The number of nitrogens with zero attached hydrogens (tertiary/aromatic N) is 2. The van der Waals surface area contributed by atoms with E-state index in [-0.39, 0.29) is 50.2 Å². The molecule has 0 bridgehead atoms. The van der Waals surface area contributed by atoms with Gasteiger partial charge in [0.25, 0.3) is 5.91 Å². The molecule has 1 heterocycles. The van der Waals surface area contributed by atoms with E-state index in [2.05, 4.69) is 0 Å². The molecule has 1 amide bonds. The number of carbonyl (C=O) groups excluding carboxylic acids is 1. The molecule has 3 rings (SSSR count). The molecule has 1 saturated heterocycles. The minimum absolute atomic E-state index is 0.0795. The van der Waals surface area contributed by atoms with Crippen LogP contribution in [0.4, 0.5) is 0 Å². The van der Waals surface area contributed by atoms with Gasteiger partial charge in [0.15, 0.2) is 11.5 Å². The van der Waals surface area contributed by atoms with Crippen LogP contribution in [-0.4, -0.2) is 81.7 Å². The number of methoxy groups -OCH3 is 1. The van der Waals surface area contributed by atoms with Gasteiger partial charge in [-0.05, 0) is 49.4 Å². The summed E-state index contributed by atoms with van der Waals surface area (Å²) in [6.07, 6.45) is 0. The lowest BCUT2D eigenvalue weighted by atomic mass is 10.1. The van der Waals surface area contributed by atoms with E-state index in [0.717, 1.165) is 0 Å².